The Balaban J connectivity index is 2.02. The van der Waals surface area contributed by atoms with Gasteiger partial charge in [-0.3, -0.25) is 9.80 Å². The van der Waals surface area contributed by atoms with E-state index in [2.05, 4.69) is 0 Å². The lowest BCUT2D eigenvalue weighted by molar-refractivity contribution is -0.0651. The average molecular weight is 416 g/mol. The van der Waals surface area contributed by atoms with Gasteiger partial charge in [0.25, 0.3) is 0 Å². The predicted molar refractivity (Wildman–Crippen MR) is 108 cm³/mol. The molecule has 0 bridgehead atoms. The fraction of sp³-hybridized carbons (Fsp3) is 0.905. The number of hydrogen-bond donors (Lipinski definition) is 0. The molecule has 0 saturated carbocycles. The number of nitrogens with zero attached hydrogens (tertiary/aromatic N) is 2. The first-order valence-corrected chi connectivity index (χ1v) is 10.0. The first kappa shape index (κ1) is 22.2. The predicted octanol–water partition coefficient (Wildman–Crippen LogP) is 3.98. The Kier molecular flexibility index (Phi) is 5.58. The molecule has 2 aliphatic heterocycles. The minimum atomic E-state index is -1.24. The number of hydrogen-bond acceptors (Lipinski definition) is 6. The molecule has 168 valence electrons. The lowest BCUT2D eigenvalue weighted by Gasteiger charge is -2.38. The van der Waals surface area contributed by atoms with Gasteiger partial charge in [-0.25, -0.2) is 9.59 Å². The summed E-state index contributed by atoms with van der Waals surface area (Å²) in [5.74, 6) is 0. The summed E-state index contributed by atoms with van der Waals surface area (Å²) in [6.45, 7) is 17.7. The monoisotopic (exact) mass is 415 g/mol. The molecule has 2 heterocycles. The van der Waals surface area contributed by atoms with Gasteiger partial charge in [0.1, 0.15) is 24.6 Å². The van der Waals surface area contributed by atoms with Gasteiger partial charge in [0.2, 0.25) is 0 Å². The van der Waals surface area contributed by atoms with Gasteiger partial charge in [0.15, 0.2) is 0 Å². The van der Waals surface area contributed by atoms with Crippen molar-refractivity contribution in [3.8, 4) is 0 Å². The maximum Gasteiger partial charge on any atom is 0.412 e. The minimum absolute atomic E-state index is 0.0841. The molecule has 0 aromatic carbocycles. The number of carbonyl (C=O) groups is 2. The van der Waals surface area contributed by atoms with Crippen LogP contribution in [0.25, 0.3) is 0 Å². The van der Waals surface area contributed by atoms with Crippen molar-refractivity contribution in [3.63, 3.8) is 0 Å². The van der Waals surface area contributed by atoms with Crippen LogP contribution in [0.5, 0.6) is 0 Å². The van der Waals surface area contributed by atoms with Crippen LogP contribution >= 0.6 is 0 Å². The van der Waals surface area contributed by atoms with Crippen molar-refractivity contribution in [2.45, 2.75) is 91.8 Å². The SMILES string of the molecule is [2H][C@H](OC(=O)N1C(C)(C)COC1(C)C)C(C)(C)COC(=O)N1C(C)(C)COC1(C)C. The summed E-state index contributed by atoms with van der Waals surface area (Å²) < 4.78 is 30.8. The fourth-order valence-electron chi connectivity index (χ4n) is 3.97. The zero-order valence-electron chi connectivity index (χ0n) is 20.5. The summed E-state index contributed by atoms with van der Waals surface area (Å²) in [5.41, 5.74) is -3.60. The molecule has 2 rings (SSSR count). The van der Waals surface area contributed by atoms with Crippen LogP contribution in [-0.4, -0.2) is 70.9 Å². The third-order valence-corrected chi connectivity index (χ3v) is 5.26. The molecule has 0 aromatic rings. The normalized spacial score (nSPS) is 26.1. The molecule has 0 unspecified atom stereocenters. The summed E-state index contributed by atoms with van der Waals surface area (Å²) >= 11 is 0. The Hall–Kier alpha value is -1.54. The standard InChI is InChI=1S/C21H38N2O6/c1-17(2,11-26-15(24)22-18(3,4)13-28-20(22,7)8)12-27-16(25)23-19(5,6)14-29-21(23,9)10/h11-14H2,1-10H3/i11D/t11-/m0/s1. The lowest BCUT2D eigenvalue weighted by Crippen LogP contribution is -2.54. The Morgan fingerprint density at radius 3 is 1.59 bits per heavy atom. The van der Waals surface area contributed by atoms with Crippen molar-refractivity contribution in [1.29, 1.82) is 0 Å². The van der Waals surface area contributed by atoms with Crippen LogP contribution in [0.4, 0.5) is 9.59 Å². The van der Waals surface area contributed by atoms with E-state index in [1.54, 1.807) is 32.6 Å². The van der Waals surface area contributed by atoms with E-state index in [0.717, 1.165) is 0 Å². The summed E-state index contributed by atoms with van der Waals surface area (Å²) in [6, 6.07) is 0. The van der Waals surface area contributed by atoms with Crippen molar-refractivity contribution < 1.29 is 29.9 Å². The van der Waals surface area contributed by atoms with Gasteiger partial charge >= 0.3 is 12.2 Å². The van der Waals surface area contributed by atoms with Crippen molar-refractivity contribution in [1.82, 2.24) is 9.80 Å². The van der Waals surface area contributed by atoms with Gasteiger partial charge < -0.3 is 18.9 Å². The molecule has 0 aliphatic carbocycles. The Morgan fingerprint density at radius 2 is 1.24 bits per heavy atom. The van der Waals surface area contributed by atoms with E-state index in [9.17, 15) is 9.59 Å². The number of amides is 2. The quantitative estimate of drug-likeness (QED) is 0.691. The van der Waals surface area contributed by atoms with E-state index >= 15 is 0 Å². The van der Waals surface area contributed by atoms with Gasteiger partial charge in [-0.15, -0.1) is 0 Å². The van der Waals surface area contributed by atoms with E-state index in [1.807, 2.05) is 41.5 Å². The highest BCUT2D eigenvalue weighted by Crippen LogP contribution is 2.36. The zero-order chi connectivity index (χ0) is 23.3. The van der Waals surface area contributed by atoms with Crippen LogP contribution in [0.1, 0.15) is 70.6 Å². The van der Waals surface area contributed by atoms with Crippen LogP contribution in [0.3, 0.4) is 0 Å². The molecule has 0 aromatic heterocycles. The molecular weight excluding hydrogens is 376 g/mol. The topological polar surface area (TPSA) is 77.5 Å². The fourth-order valence-corrected chi connectivity index (χ4v) is 3.97. The molecule has 0 spiro atoms. The van der Waals surface area contributed by atoms with Gasteiger partial charge in [0.05, 0.1) is 25.7 Å². The molecule has 1 atom stereocenters. The van der Waals surface area contributed by atoms with Gasteiger partial charge in [-0.2, -0.15) is 0 Å². The highest BCUT2D eigenvalue weighted by molar-refractivity contribution is 5.70. The molecule has 0 N–H and O–H groups in total. The summed E-state index contributed by atoms with van der Waals surface area (Å²) in [7, 11) is 0. The number of rotatable bonds is 4. The van der Waals surface area contributed by atoms with Crippen LogP contribution in [0.15, 0.2) is 0 Å². The van der Waals surface area contributed by atoms with Crippen molar-refractivity contribution in [2.24, 2.45) is 5.41 Å². The van der Waals surface area contributed by atoms with E-state index in [-0.39, 0.29) is 6.61 Å². The van der Waals surface area contributed by atoms with Gasteiger partial charge in [-0.05, 0) is 55.4 Å². The smallest absolute Gasteiger partial charge is 0.412 e. The second-order valence-corrected chi connectivity index (χ2v) is 10.8. The van der Waals surface area contributed by atoms with E-state index in [1.165, 1.54) is 4.90 Å². The molecule has 8 heteroatoms. The van der Waals surface area contributed by atoms with Gasteiger partial charge in [0, 0.05) is 5.41 Å². The highest BCUT2D eigenvalue weighted by atomic mass is 16.6. The third kappa shape index (κ3) is 4.97. The number of ether oxygens (including phenoxy) is 4. The second-order valence-electron chi connectivity index (χ2n) is 10.8. The Morgan fingerprint density at radius 1 is 0.862 bits per heavy atom. The van der Waals surface area contributed by atoms with Crippen molar-refractivity contribution >= 4 is 12.2 Å². The molecule has 0 radical (unpaired) electrons. The highest BCUT2D eigenvalue weighted by Gasteiger charge is 2.51. The summed E-state index contributed by atoms with van der Waals surface area (Å²) in [5, 5.41) is 0. The largest absolute Gasteiger partial charge is 0.449 e. The van der Waals surface area contributed by atoms with Crippen LogP contribution in [-0.2, 0) is 18.9 Å². The first-order chi connectivity index (χ1) is 13.3. The minimum Gasteiger partial charge on any atom is -0.449 e. The molecule has 2 fully saturated rings. The second kappa shape index (κ2) is 7.30. The maximum absolute atomic E-state index is 12.8. The number of carbonyl (C=O) groups excluding carboxylic acids is 2. The molecular formula is C21H38N2O6. The Labute approximate surface area is 176 Å². The average Bonchev–Trinajstić information content (AvgIpc) is 2.92. The molecule has 2 aliphatic rings. The Bertz CT molecular complexity index is 657. The van der Waals surface area contributed by atoms with Crippen LogP contribution < -0.4 is 0 Å². The first-order valence-electron chi connectivity index (χ1n) is 10.6. The lowest BCUT2D eigenvalue weighted by atomic mass is 9.96. The third-order valence-electron chi connectivity index (χ3n) is 5.26. The van der Waals surface area contributed by atoms with E-state index in [4.69, 9.17) is 20.3 Å². The van der Waals surface area contributed by atoms with E-state index in [0.29, 0.717) is 13.2 Å². The summed E-state index contributed by atoms with van der Waals surface area (Å²) in [6.07, 6.45) is -1.15. The van der Waals surface area contributed by atoms with E-state index < -0.39 is 46.7 Å². The van der Waals surface area contributed by atoms with Crippen LogP contribution in [0, 0.1) is 5.41 Å². The van der Waals surface area contributed by atoms with Gasteiger partial charge in [-0.1, -0.05) is 13.8 Å². The molecule has 2 amide bonds. The molecule has 8 nitrogen and oxygen atoms in total. The maximum atomic E-state index is 12.8. The van der Waals surface area contributed by atoms with Crippen molar-refractivity contribution in [3.05, 3.63) is 0 Å². The summed E-state index contributed by atoms with van der Waals surface area (Å²) in [4.78, 5) is 28.7. The molecule has 2 saturated heterocycles. The van der Waals surface area contributed by atoms with Crippen molar-refractivity contribution in [2.75, 3.05) is 26.4 Å². The van der Waals surface area contributed by atoms with Crippen LogP contribution in [0.2, 0.25) is 0 Å². The zero-order valence-corrected chi connectivity index (χ0v) is 19.5. The molecule has 29 heavy (non-hydrogen) atoms.